The number of halogens is 3. The van der Waals surface area contributed by atoms with Gasteiger partial charge in [-0.1, -0.05) is 34.6 Å². The second kappa shape index (κ2) is 9.86. The van der Waals surface area contributed by atoms with Crippen LogP contribution >= 0.6 is 0 Å². The molecule has 10 heteroatoms. The van der Waals surface area contributed by atoms with Crippen LogP contribution in [0.5, 0.6) is 5.75 Å². The second-order valence-corrected chi connectivity index (χ2v) is 6.46. The lowest BCUT2D eigenvalue weighted by molar-refractivity contribution is -0.274. The summed E-state index contributed by atoms with van der Waals surface area (Å²) in [6.07, 6.45) is -4.78. The smallest absolute Gasteiger partial charge is 0.406 e. The third-order valence-electron chi connectivity index (χ3n) is 4.05. The minimum Gasteiger partial charge on any atom is -0.406 e. The van der Waals surface area contributed by atoms with Crippen LogP contribution in [-0.2, 0) is 16.2 Å². The fraction of sp³-hybridized carbons (Fsp3) is 0.300. The number of carbonyl (C=O) groups excluding carboxylic acids is 1. The number of alkyl halides is 3. The molecule has 0 radical (unpaired) electrons. The first-order chi connectivity index (χ1) is 14.1. The van der Waals surface area contributed by atoms with E-state index < -0.39 is 6.36 Å². The molecule has 2 aromatic carbocycles. The van der Waals surface area contributed by atoms with Gasteiger partial charge in [0.25, 0.3) is 0 Å². The Morgan fingerprint density at radius 3 is 2.50 bits per heavy atom. The molecule has 0 spiro atoms. The van der Waals surface area contributed by atoms with Crippen molar-refractivity contribution < 1.29 is 27.5 Å². The number of ether oxygens (including phenoxy) is 1. The minimum absolute atomic E-state index is 0.0159. The largest absolute Gasteiger partial charge is 0.573 e. The van der Waals surface area contributed by atoms with E-state index >= 15 is 0 Å². The molecule has 0 aliphatic carbocycles. The van der Waals surface area contributed by atoms with Gasteiger partial charge in [-0.25, -0.2) is 5.01 Å². The predicted molar refractivity (Wildman–Crippen MR) is 104 cm³/mol. The molecule has 0 fully saturated rings. The van der Waals surface area contributed by atoms with Crippen molar-refractivity contribution in [3.63, 3.8) is 0 Å². The van der Waals surface area contributed by atoms with Crippen molar-refractivity contribution in [2.75, 3.05) is 11.6 Å². The Labute approximate surface area is 171 Å². The molecule has 0 aliphatic rings. The monoisotopic (exact) mass is 422 g/mol. The first-order valence-electron chi connectivity index (χ1n) is 8.86. The lowest BCUT2D eigenvalue weighted by Gasteiger charge is -2.20. The maximum absolute atomic E-state index is 12.4. The average Bonchev–Trinajstić information content (AvgIpc) is 2.66. The molecule has 0 heterocycles. The number of ketones is 1. The van der Waals surface area contributed by atoms with Gasteiger partial charge in [0, 0.05) is 11.1 Å². The van der Waals surface area contributed by atoms with Crippen molar-refractivity contribution in [3.05, 3.63) is 59.2 Å². The number of benzene rings is 2. The second-order valence-electron chi connectivity index (χ2n) is 6.46. The average molecular weight is 422 g/mol. The molecule has 0 saturated carbocycles. The van der Waals surface area contributed by atoms with Crippen LogP contribution in [0.1, 0.15) is 30.5 Å². The lowest BCUT2D eigenvalue weighted by atomic mass is 10.1. The van der Waals surface area contributed by atoms with E-state index in [-0.39, 0.29) is 24.7 Å². The summed E-state index contributed by atoms with van der Waals surface area (Å²) >= 11 is 0. The molecule has 7 nitrogen and oxygen atoms in total. The van der Waals surface area contributed by atoms with E-state index in [2.05, 4.69) is 15.1 Å². The fourth-order valence-corrected chi connectivity index (χ4v) is 2.67. The highest BCUT2D eigenvalue weighted by molar-refractivity contribution is 5.98. The number of hydrogen-bond acceptors (Lipinski definition) is 6. The van der Waals surface area contributed by atoms with E-state index in [1.165, 1.54) is 30.1 Å². The molecule has 0 unspecified atom stereocenters. The Morgan fingerprint density at radius 1 is 1.17 bits per heavy atom. The molecule has 0 aromatic heterocycles. The quantitative estimate of drug-likeness (QED) is 0.343. The van der Waals surface area contributed by atoms with E-state index in [9.17, 15) is 18.0 Å². The molecule has 2 aromatic rings. The van der Waals surface area contributed by atoms with E-state index in [0.29, 0.717) is 22.5 Å². The highest BCUT2D eigenvalue weighted by Crippen LogP contribution is 2.26. The summed E-state index contributed by atoms with van der Waals surface area (Å²) < 4.78 is 41.1. The number of rotatable bonds is 9. The highest BCUT2D eigenvalue weighted by Gasteiger charge is 2.31. The molecule has 2 rings (SSSR count). The standard InChI is InChI=1S/C20H21F3N4O3/c1-13-6-4-9-19(27(26-24)11-14(2)28)18(13)12-29-25-15(3)16-7-5-8-17(10-16)30-20(21,22)23/h4-10,24H,11-12H2,1-3H3. The third-order valence-corrected chi connectivity index (χ3v) is 4.05. The van der Waals surface area contributed by atoms with Crippen LogP contribution in [0.25, 0.3) is 0 Å². The first-order valence-corrected chi connectivity index (χ1v) is 8.86. The van der Waals surface area contributed by atoms with Crippen molar-refractivity contribution in [1.82, 2.24) is 0 Å². The molecule has 0 saturated heterocycles. The number of Topliss-reactive ketones (excluding diaryl/α,β-unsaturated/α-hetero) is 1. The van der Waals surface area contributed by atoms with Crippen molar-refractivity contribution in [1.29, 1.82) is 5.53 Å². The molecular formula is C20H21F3N4O3. The summed E-state index contributed by atoms with van der Waals surface area (Å²) in [5.41, 5.74) is 10.2. The lowest BCUT2D eigenvalue weighted by Crippen LogP contribution is -2.23. The maximum atomic E-state index is 12.4. The normalized spacial score (nSPS) is 11.7. The van der Waals surface area contributed by atoms with Gasteiger partial charge < -0.3 is 9.57 Å². The van der Waals surface area contributed by atoms with Crippen molar-refractivity contribution in [2.45, 2.75) is 33.7 Å². The summed E-state index contributed by atoms with van der Waals surface area (Å²) in [7, 11) is 0. The molecule has 160 valence electrons. The summed E-state index contributed by atoms with van der Waals surface area (Å²) in [6.45, 7) is 4.78. The van der Waals surface area contributed by atoms with Crippen molar-refractivity contribution >= 4 is 17.2 Å². The van der Waals surface area contributed by atoms with Gasteiger partial charge in [-0.2, -0.15) is 5.53 Å². The van der Waals surface area contributed by atoms with E-state index in [0.717, 1.165) is 5.56 Å². The van der Waals surface area contributed by atoms with Gasteiger partial charge >= 0.3 is 6.36 Å². The van der Waals surface area contributed by atoms with Crippen LogP contribution in [-0.4, -0.2) is 24.4 Å². The molecule has 0 atom stereocenters. The number of carbonyl (C=O) groups is 1. The highest BCUT2D eigenvalue weighted by atomic mass is 19.4. The van der Waals surface area contributed by atoms with Crippen LogP contribution < -0.4 is 9.75 Å². The SMILES string of the molecule is CC(=O)CN(N=N)c1cccc(C)c1CON=C(C)c1cccc(OC(F)(F)F)c1. The zero-order valence-corrected chi connectivity index (χ0v) is 16.7. The molecule has 1 N–H and O–H groups in total. The summed E-state index contributed by atoms with van der Waals surface area (Å²) in [5.74, 6) is -0.512. The van der Waals surface area contributed by atoms with E-state index in [4.69, 9.17) is 10.4 Å². The number of hydrogen-bond donors (Lipinski definition) is 1. The first kappa shape index (κ1) is 22.9. The Bertz CT molecular complexity index is 945. The van der Waals surface area contributed by atoms with Gasteiger partial charge in [-0.15, -0.1) is 13.2 Å². The van der Waals surface area contributed by atoms with Gasteiger partial charge in [-0.3, -0.25) is 4.79 Å². The molecule has 30 heavy (non-hydrogen) atoms. The Balaban J connectivity index is 2.18. The van der Waals surface area contributed by atoms with E-state index in [1.54, 1.807) is 25.1 Å². The number of aryl methyl sites for hydroxylation is 1. The third kappa shape index (κ3) is 6.57. The minimum atomic E-state index is -4.78. The van der Waals surface area contributed by atoms with Crippen LogP contribution in [0.3, 0.4) is 0 Å². The van der Waals surface area contributed by atoms with Gasteiger partial charge in [0.2, 0.25) is 0 Å². The maximum Gasteiger partial charge on any atom is 0.573 e. The fourth-order valence-electron chi connectivity index (χ4n) is 2.67. The van der Waals surface area contributed by atoms with Crippen LogP contribution in [0, 0.1) is 12.5 Å². The van der Waals surface area contributed by atoms with Crippen molar-refractivity contribution in [2.24, 2.45) is 10.4 Å². The molecule has 0 aliphatic heterocycles. The molecule has 0 amide bonds. The molecular weight excluding hydrogens is 401 g/mol. The summed E-state index contributed by atoms with van der Waals surface area (Å²) in [4.78, 5) is 16.8. The van der Waals surface area contributed by atoms with E-state index in [1.807, 2.05) is 13.0 Å². The number of oxime groups is 1. The van der Waals surface area contributed by atoms with Gasteiger partial charge in [0.05, 0.1) is 11.4 Å². The van der Waals surface area contributed by atoms with Gasteiger partial charge in [0.1, 0.15) is 18.9 Å². The Hall–Kier alpha value is -3.43. The van der Waals surface area contributed by atoms with Crippen LogP contribution in [0.2, 0.25) is 0 Å². The van der Waals surface area contributed by atoms with Crippen LogP contribution in [0.4, 0.5) is 18.9 Å². The van der Waals surface area contributed by atoms with Gasteiger partial charge in [-0.05, 0) is 44.5 Å². The number of nitrogens with zero attached hydrogens (tertiary/aromatic N) is 3. The summed E-state index contributed by atoms with van der Waals surface area (Å²) in [6, 6.07) is 10.7. The topological polar surface area (TPSA) is 87.3 Å². The number of anilines is 1. The predicted octanol–water partition coefficient (Wildman–Crippen LogP) is 5.18. The Morgan fingerprint density at radius 2 is 1.87 bits per heavy atom. The zero-order valence-electron chi connectivity index (χ0n) is 16.7. The Kier molecular flexibility index (Phi) is 7.51. The number of nitrogens with one attached hydrogen (secondary N) is 1. The molecule has 0 bridgehead atoms. The van der Waals surface area contributed by atoms with Gasteiger partial charge in [0.15, 0.2) is 5.78 Å². The summed E-state index contributed by atoms with van der Waals surface area (Å²) in [5, 5.41) is 8.62. The zero-order chi connectivity index (χ0) is 22.3. The van der Waals surface area contributed by atoms with Crippen molar-refractivity contribution in [3.8, 4) is 5.75 Å². The van der Waals surface area contributed by atoms with Crippen LogP contribution in [0.15, 0.2) is 52.8 Å².